The highest BCUT2D eigenvalue weighted by Gasteiger charge is 2.05. The van der Waals surface area contributed by atoms with Gasteiger partial charge in [-0.2, -0.15) is 0 Å². The van der Waals surface area contributed by atoms with Gasteiger partial charge in [0.25, 0.3) is 0 Å². The predicted molar refractivity (Wildman–Crippen MR) is 74.7 cm³/mol. The minimum Gasteiger partial charge on any atom is -0.389 e. The summed E-state index contributed by atoms with van der Waals surface area (Å²) in [5, 5.41) is 12.5. The van der Waals surface area contributed by atoms with E-state index in [2.05, 4.69) is 5.32 Å². The molecule has 19 heavy (non-hydrogen) atoms. The topological polar surface area (TPSA) is 75.6 Å². The highest BCUT2D eigenvalue weighted by molar-refractivity contribution is 7.90. The van der Waals surface area contributed by atoms with E-state index >= 15 is 0 Å². The lowest BCUT2D eigenvalue weighted by atomic mass is 10.2. The van der Waals surface area contributed by atoms with Crippen LogP contribution >= 0.6 is 0 Å². The number of benzene rings is 1. The largest absolute Gasteiger partial charge is 0.389 e. The van der Waals surface area contributed by atoms with Crippen molar-refractivity contribution in [3.63, 3.8) is 0 Å². The number of nitrogens with one attached hydrogen (secondary N) is 1. The second kappa shape index (κ2) is 8.27. The molecule has 2 N–H and O–H groups in total. The number of hydrogen-bond acceptors (Lipinski definition) is 5. The Hall–Kier alpha value is -0.950. The fourth-order valence-corrected chi connectivity index (χ4v) is 1.99. The third-order valence-electron chi connectivity index (χ3n) is 2.45. The van der Waals surface area contributed by atoms with Gasteiger partial charge in [0.05, 0.1) is 25.1 Å². The van der Waals surface area contributed by atoms with Crippen molar-refractivity contribution in [2.75, 3.05) is 31.7 Å². The Balaban J connectivity index is 2.07. The molecule has 0 spiro atoms. The molecular weight excluding hydrogens is 266 g/mol. The van der Waals surface area contributed by atoms with E-state index in [0.717, 1.165) is 5.56 Å². The van der Waals surface area contributed by atoms with Crippen LogP contribution in [0.5, 0.6) is 0 Å². The van der Waals surface area contributed by atoms with E-state index in [1.165, 1.54) is 6.26 Å². The lowest BCUT2D eigenvalue weighted by molar-refractivity contribution is 0.0291. The average molecular weight is 287 g/mol. The Labute approximate surface area is 114 Å². The first kappa shape index (κ1) is 16.1. The molecule has 1 aromatic rings. The van der Waals surface area contributed by atoms with Crippen molar-refractivity contribution in [2.24, 2.45) is 0 Å². The molecule has 0 saturated heterocycles. The van der Waals surface area contributed by atoms with Crippen LogP contribution in [0.15, 0.2) is 30.3 Å². The third kappa shape index (κ3) is 8.72. The quantitative estimate of drug-likeness (QED) is 0.635. The van der Waals surface area contributed by atoms with Crippen molar-refractivity contribution in [3.8, 4) is 0 Å². The van der Waals surface area contributed by atoms with Crippen LogP contribution in [0.3, 0.4) is 0 Å². The third-order valence-corrected chi connectivity index (χ3v) is 3.40. The van der Waals surface area contributed by atoms with Crippen LogP contribution in [0.4, 0.5) is 0 Å². The molecule has 6 heteroatoms. The minimum absolute atomic E-state index is 0.0740. The van der Waals surface area contributed by atoms with Gasteiger partial charge in [0, 0.05) is 19.3 Å². The number of ether oxygens (including phenoxy) is 1. The Morgan fingerprint density at radius 1 is 1.32 bits per heavy atom. The fourth-order valence-electron chi connectivity index (χ4n) is 1.47. The zero-order chi connectivity index (χ0) is 14.1. The molecule has 1 atom stereocenters. The lowest BCUT2D eigenvalue weighted by Crippen LogP contribution is -2.33. The van der Waals surface area contributed by atoms with Gasteiger partial charge in [-0.15, -0.1) is 0 Å². The molecule has 0 aliphatic heterocycles. The van der Waals surface area contributed by atoms with Gasteiger partial charge in [-0.1, -0.05) is 30.3 Å². The van der Waals surface area contributed by atoms with Gasteiger partial charge in [0.15, 0.2) is 0 Å². The van der Waals surface area contributed by atoms with Crippen LogP contribution in [0.1, 0.15) is 5.56 Å². The van der Waals surface area contributed by atoms with Gasteiger partial charge in [0.1, 0.15) is 9.84 Å². The lowest BCUT2D eigenvalue weighted by Gasteiger charge is -2.12. The van der Waals surface area contributed by atoms with E-state index < -0.39 is 15.9 Å². The van der Waals surface area contributed by atoms with E-state index in [0.29, 0.717) is 19.7 Å². The van der Waals surface area contributed by atoms with Crippen LogP contribution in [-0.4, -0.2) is 51.3 Å². The maximum Gasteiger partial charge on any atom is 0.148 e. The molecule has 0 amide bonds. The SMILES string of the molecule is CS(=O)(=O)CCNCC(O)COCc1ccccc1. The first-order valence-electron chi connectivity index (χ1n) is 6.15. The van der Waals surface area contributed by atoms with Crippen molar-refractivity contribution >= 4 is 9.84 Å². The summed E-state index contributed by atoms with van der Waals surface area (Å²) in [6.45, 7) is 1.35. The van der Waals surface area contributed by atoms with Crippen LogP contribution < -0.4 is 5.32 Å². The highest BCUT2D eigenvalue weighted by atomic mass is 32.2. The zero-order valence-electron chi connectivity index (χ0n) is 11.1. The summed E-state index contributed by atoms with van der Waals surface area (Å²) < 4.78 is 27.1. The van der Waals surface area contributed by atoms with Crippen molar-refractivity contribution in [3.05, 3.63) is 35.9 Å². The van der Waals surface area contributed by atoms with Crippen LogP contribution in [-0.2, 0) is 21.2 Å². The van der Waals surface area contributed by atoms with Gasteiger partial charge in [0.2, 0.25) is 0 Å². The summed E-state index contributed by atoms with van der Waals surface area (Å²) in [5.74, 6) is 0.0740. The maximum absolute atomic E-state index is 10.9. The van der Waals surface area contributed by atoms with Crippen molar-refractivity contribution in [2.45, 2.75) is 12.7 Å². The number of aliphatic hydroxyl groups excluding tert-OH is 1. The zero-order valence-corrected chi connectivity index (χ0v) is 11.9. The molecule has 0 saturated carbocycles. The normalized spacial score (nSPS) is 13.4. The summed E-state index contributed by atoms with van der Waals surface area (Å²) in [4.78, 5) is 0. The standard InChI is InChI=1S/C13H21NO4S/c1-19(16,17)8-7-14-9-13(15)11-18-10-12-5-3-2-4-6-12/h2-6,13-15H,7-11H2,1H3. The molecule has 5 nitrogen and oxygen atoms in total. The fraction of sp³-hybridized carbons (Fsp3) is 0.538. The Kier molecular flexibility index (Phi) is 7.01. The molecule has 0 aliphatic carbocycles. The van der Waals surface area contributed by atoms with E-state index in [-0.39, 0.29) is 12.4 Å². The molecular formula is C13H21NO4S. The molecule has 1 rings (SSSR count). The Bertz CT molecular complexity index is 447. The molecule has 0 aromatic heterocycles. The number of rotatable bonds is 9. The van der Waals surface area contributed by atoms with Gasteiger partial charge >= 0.3 is 0 Å². The molecule has 0 heterocycles. The molecule has 0 fully saturated rings. The predicted octanol–water partition coefficient (Wildman–Crippen LogP) is 0.198. The van der Waals surface area contributed by atoms with Crippen LogP contribution in [0, 0.1) is 0 Å². The number of hydrogen-bond donors (Lipinski definition) is 2. The van der Waals surface area contributed by atoms with E-state index in [1.807, 2.05) is 30.3 Å². The monoisotopic (exact) mass is 287 g/mol. The number of sulfone groups is 1. The first-order chi connectivity index (χ1) is 8.97. The first-order valence-corrected chi connectivity index (χ1v) is 8.21. The summed E-state index contributed by atoms with van der Waals surface area (Å²) in [5.41, 5.74) is 1.06. The van der Waals surface area contributed by atoms with Gasteiger partial charge in [-0.3, -0.25) is 0 Å². The van der Waals surface area contributed by atoms with E-state index in [1.54, 1.807) is 0 Å². The summed E-state index contributed by atoms with van der Waals surface area (Å²) in [7, 11) is -2.95. The molecule has 0 aliphatic rings. The molecule has 0 bridgehead atoms. The molecule has 1 unspecified atom stereocenters. The maximum atomic E-state index is 10.9. The molecule has 0 radical (unpaired) electrons. The van der Waals surface area contributed by atoms with Gasteiger partial charge < -0.3 is 15.2 Å². The van der Waals surface area contributed by atoms with Gasteiger partial charge in [-0.05, 0) is 5.56 Å². The Morgan fingerprint density at radius 3 is 2.63 bits per heavy atom. The van der Waals surface area contributed by atoms with Crippen molar-refractivity contribution < 1.29 is 18.3 Å². The number of aliphatic hydroxyl groups is 1. The van der Waals surface area contributed by atoms with E-state index in [9.17, 15) is 13.5 Å². The van der Waals surface area contributed by atoms with Crippen LogP contribution in [0.2, 0.25) is 0 Å². The Morgan fingerprint density at radius 2 is 2.00 bits per heavy atom. The second-order valence-electron chi connectivity index (χ2n) is 4.49. The summed E-state index contributed by atoms with van der Waals surface area (Å²) in [6.07, 6.45) is 0.553. The second-order valence-corrected chi connectivity index (χ2v) is 6.75. The molecule has 108 valence electrons. The van der Waals surface area contributed by atoms with Gasteiger partial charge in [-0.25, -0.2) is 8.42 Å². The molecule has 1 aromatic carbocycles. The highest BCUT2D eigenvalue weighted by Crippen LogP contribution is 2.00. The summed E-state index contributed by atoms with van der Waals surface area (Å²) in [6, 6.07) is 9.71. The minimum atomic E-state index is -2.95. The van der Waals surface area contributed by atoms with E-state index in [4.69, 9.17) is 4.74 Å². The average Bonchev–Trinajstić information content (AvgIpc) is 2.35. The summed E-state index contributed by atoms with van der Waals surface area (Å²) >= 11 is 0. The smallest absolute Gasteiger partial charge is 0.148 e. The van der Waals surface area contributed by atoms with Crippen molar-refractivity contribution in [1.29, 1.82) is 0 Å². The van der Waals surface area contributed by atoms with Crippen molar-refractivity contribution in [1.82, 2.24) is 5.32 Å². The van der Waals surface area contributed by atoms with Crippen LogP contribution in [0.25, 0.3) is 0 Å².